The Balaban J connectivity index is 1.42. The summed E-state index contributed by atoms with van der Waals surface area (Å²) in [5, 5.41) is 13.5. The highest BCUT2D eigenvalue weighted by Gasteiger charge is 2.50. The van der Waals surface area contributed by atoms with Gasteiger partial charge < -0.3 is 14.4 Å². The van der Waals surface area contributed by atoms with Crippen LogP contribution in [0.2, 0.25) is 5.04 Å². The number of benzene rings is 3. The number of piperidine rings is 1. The molecular weight excluding hydrogens is 483 g/mol. The van der Waals surface area contributed by atoms with Gasteiger partial charge in [0.25, 0.3) is 8.32 Å². The van der Waals surface area contributed by atoms with Gasteiger partial charge in [-0.25, -0.2) is 9.18 Å². The van der Waals surface area contributed by atoms with Crippen molar-refractivity contribution in [1.29, 1.82) is 0 Å². The minimum atomic E-state index is -2.52. The van der Waals surface area contributed by atoms with Crippen LogP contribution in [0.1, 0.15) is 40.0 Å². The lowest BCUT2D eigenvalue weighted by molar-refractivity contribution is 0.209. The third-order valence-corrected chi connectivity index (χ3v) is 12.5. The van der Waals surface area contributed by atoms with Crippen molar-refractivity contribution in [1.82, 2.24) is 0 Å². The monoisotopic (exact) mass is 520 g/mol. The summed E-state index contributed by atoms with van der Waals surface area (Å²) in [6.45, 7) is 9.29. The number of rotatable bonds is 8. The first-order chi connectivity index (χ1) is 17.7. The van der Waals surface area contributed by atoms with E-state index < -0.39 is 20.2 Å². The van der Waals surface area contributed by atoms with E-state index in [9.17, 15) is 9.18 Å². The van der Waals surface area contributed by atoms with Crippen molar-refractivity contribution in [2.45, 2.75) is 45.1 Å². The van der Waals surface area contributed by atoms with Crippen LogP contribution in [0.5, 0.6) is 0 Å². The smallest absolute Gasteiger partial charge is 0.409 e. The van der Waals surface area contributed by atoms with Crippen LogP contribution in [0.25, 0.3) is 0 Å². The van der Waals surface area contributed by atoms with E-state index in [-0.39, 0.29) is 10.7 Å². The summed E-state index contributed by atoms with van der Waals surface area (Å²) in [6.07, 6.45) is 1.75. The number of hydrogen-bond donors (Lipinski definition) is 2. The highest BCUT2D eigenvalue weighted by molar-refractivity contribution is 6.99. The Kier molecular flexibility index (Phi) is 8.34. The van der Waals surface area contributed by atoms with E-state index in [1.807, 2.05) is 0 Å². The molecule has 0 radical (unpaired) electrons. The molecular formula is C30H37FN2O3Si. The number of halogens is 1. The van der Waals surface area contributed by atoms with Gasteiger partial charge >= 0.3 is 6.09 Å². The van der Waals surface area contributed by atoms with Crippen LogP contribution in [-0.4, -0.2) is 39.2 Å². The number of anilines is 2. The predicted octanol–water partition coefficient (Wildman–Crippen LogP) is 6.10. The van der Waals surface area contributed by atoms with Crippen LogP contribution in [0.15, 0.2) is 78.9 Å². The molecule has 4 rings (SSSR count). The standard InChI is InChI=1S/C30H37FN2O3Si/c1-30(2,3)37(25-10-6-4-7-11-25,26-12-8-5-9-13-26)36-21-18-23-16-19-33(20-17-23)24-14-15-28(27(31)22-24)32-29(34)35/h4-15,22-23,32H,16-21H2,1-3H3,(H,34,35). The van der Waals surface area contributed by atoms with Gasteiger partial charge in [-0.2, -0.15) is 0 Å². The zero-order chi connectivity index (χ0) is 26.5. The molecule has 1 amide bonds. The quantitative estimate of drug-likeness (QED) is 0.353. The molecule has 37 heavy (non-hydrogen) atoms. The molecule has 0 unspecified atom stereocenters. The number of carboxylic acid groups (broad SMARTS) is 1. The van der Waals surface area contributed by atoms with E-state index in [4.69, 9.17) is 9.53 Å². The molecule has 3 aromatic carbocycles. The fraction of sp³-hybridized carbons (Fsp3) is 0.367. The lowest BCUT2D eigenvalue weighted by Crippen LogP contribution is -2.66. The molecule has 0 bridgehead atoms. The van der Waals surface area contributed by atoms with Crippen LogP contribution < -0.4 is 20.6 Å². The van der Waals surface area contributed by atoms with Crippen molar-refractivity contribution in [2.24, 2.45) is 5.92 Å². The summed E-state index contributed by atoms with van der Waals surface area (Å²) in [5.41, 5.74) is 0.766. The summed E-state index contributed by atoms with van der Waals surface area (Å²) in [6, 6.07) is 26.1. The summed E-state index contributed by atoms with van der Waals surface area (Å²) in [7, 11) is -2.52. The zero-order valence-electron chi connectivity index (χ0n) is 21.9. The van der Waals surface area contributed by atoms with Gasteiger partial charge in [0, 0.05) is 25.4 Å². The van der Waals surface area contributed by atoms with Crippen LogP contribution in [0, 0.1) is 11.7 Å². The van der Waals surface area contributed by atoms with Gasteiger partial charge in [-0.3, -0.25) is 5.32 Å². The molecule has 0 saturated carbocycles. The van der Waals surface area contributed by atoms with Gasteiger partial charge in [0.15, 0.2) is 0 Å². The summed E-state index contributed by atoms with van der Waals surface area (Å²) in [5.74, 6) is -0.00649. The third-order valence-electron chi connectivity index (χ3n) is 7.44. The number of hydrogen-bond acceptors (Lipinski definition) is 3. The predicted molar refractivity (Wildman–Crippen MR) is 151 cm³/mol. The molecule has 196 valence electrons. The van der Waals surface area contributed by atoms with Gasteiger partial charge in [-0.05, 0) is 58.8 Å². The molecule has 5 nitrogen and oxygen atoms in total. The number of amides is 1. The van der Waals surface area contributed by atoms with Gasteiger partial charge in [-0.1, -0.05) is 81.4 Å². The van der Waals surface area contributed by atoms with E-state index in [1.165, 1.54) is 22.5 Å². The molecule has 1 heterocycles. The molecule has 7 heteroatoms. The SMILES string of the molecule is CC(C)(C)[Si](OCCC1CCN(c2ccc(NC(=O)O)c(F)c2)CC1)(c1ccccc1)c1ccccc1. The lowest BCUT2D eigenvalue weighted by Gasteiger charge is -2.43. The Bertz CT molecular complexity index is 1140. The van der Waals surface area contributed by atoms with Crippen LogP contribution in [0.3, 0.4) is 0 Å². The highest BCUT2D eigenvalue weighted by atomic mass is 28.4. The second-order valence-electron chi connectivity index (χ2n) is 10.8. The van der Waals surface area contributed by atoms with E-state index in [2.05, 4.69) is 91.7 Å². The first-order valence-corrected chi connectivity index (χ1v) is 14.9. The van der Waals surface area contributed by atoms with Gasteiger partial charge in [0.1, 0.15) is 5.82 Å². The molecule has 1 aliphatic heterocycles. The molecule has 3 aromatic rings. The lowest BCUT2D eigenvalue weighted by atomic mass is 9.93. The maximum absolute atomic E-state index is 14.3. The van der Waals surface area contributed by atoms with Crippen molar-refractivity contribution >= 4 is 36.2 Å². The fourth-order valence-electron chi connectivity index (χ4n) is 5.54. The Labute approximate surface area is 220 Å². The Morgan fingerprint density at radius 2 is 1.57 bits per heavy atom. The van der Waals surface area contributed by atoms with Crippen molar-refractivity contribution in [3.8, 4) is 0 Å². The second-order valence-corrected chi connectivity index (χ2v) is 15.1. The van der Waals surface area contributed by atoms with E-state index in [0.717, 1.165) is 38.0 Å². The van der Waals surface area contributed by atoms with Crippen molar-refractivity contribution in [3.63, 3.8) is 0 Å². The Hall–Kier alpha value is -3.16. The molecule has 1 aliphatic rings. The molecule has 0 spiro atoms. The van der Waals surface area contributed by atoms with E-state index in [0.29, 0.717) is 12.5 Å². The van der Waals surface area contributed by atoms with Gasteiger partial charge in [0.05, 0.1) is 5.69 Å². The molecule has 0 aliphatic carbocycles. The van der Waals surface area contributed by atoms with Crippen LogP contribution in [-0.2, 0) is 4.43 Å². The largest absolute Gasteiger partial charge is 0.465 e. The highest BCUT2D eigenvalue weighted by Crippen LogP contribution is 2.37. The Morgan fingerprint density at radius 3 is 2.05 bits per heavy atom. The Morgan fingerprint density at radius 1 is 1.00 bits per heavy atom. The molecule has 2 N–H and O–H groups in total. The normalized spacial score (nSPS) is 15.0. The van der Waals surface area contributed by atoms with E-state index >= 15 is 0 Å². The average molecular weight is 521 g/mol. The molecule has 0 atom stereocenters. The summed E-state index contributed by atoms with van der Waals surface area (Å²) < 4.78 is 21.4. The first kappa shape index (κ1) is 26.9. The number of carbonyl (C=O) groups is 1. The fourth-order valence-corrected chi connectivity index (χ4v) is 10.1. The number of nitrogens with one attached hydrogen (secondary N) is 1. The maximum atomic E-state index is 14.3. The van der Waals surface area contributed by atoms with Gasteiger partial charge in [0.2, 0.25) is 0 Å². The summed E-state index contributed by atoms with van der Waals surface area (Å²) >= 11 is 0. The van der Waals surface area contributed by atoms with Crippen molar-refractivity contribution < 1.29 is 18.7 Å². The van der Waals surface area contributed by atoms with Crippen molar-refractivity contribution in [2.75, 3.05) is 29.9 Å². The summed E-state index contributed by atoms with van der Waals surface area (Å²) in [4.78, 5) is 13.0. The minimum absolute atomic E-state index is 0.0217. The molecule has 0 aromatic heterocycles. The minimum Gasteiger partial charge on any atom is -0.465 e. The topological polar surface area (TPSA) is 61.8 Å². The van der Waals surface area contributed by atoms with Crippen LogP contribution in [0.4, 0.5) is 20.6 Å². The first-order valence-electron chi connectivity index (χ1n) is 13.0. The third kappa shape index (κ3) is 6.05. The molecule has 1 fully saturated rings. The zero-order valence-corrected chi connectivity index (χ0v) is 22.9. The van der Waals surface area contributed by atoms with Crippen molar-refractivity contribution in [3.05, 3.63) is 84.7 Å². The average Bonchev–Trinajstić information content (AvgIpc) is 2.88. The number of nitrogens with zero attached hydrogens (tertiary/aromatic N) is 1. The van der Waals surface area contributed by atoms with Crippen LogP contribution >= 0.6 is 0 Å². The second kappa shape index (κ2) is 11.5. The van der Waals surface area contributed by atoms with E-state index in [1.54, 1.807) is 6.07 Å². The van der Waals surface area contributed by atoms with Gasteiger partial charge in [-0.15, -0.1) is 0 Å². The maximum Gasteiger partial charge on any atom is 0.409 e. The molecule has 1 saturated heterocycles.